The van der Waals surface area contributed by atoms with Crippen LogP contribution in [0.25, 0.3) is 0 Å². The molecular formula is C14H16ClN3OS. The molecule has 6 heteroatoms. The lowest BCUT2D eigenvalue weighted by atomic mass is 10.2. The summed E-state index contributed by atoms with van der Waals surface area (Å²) in [5.74, 6) is 2.11. The molecule has 1 amide bonds. The predicted molar refractivity (Wildman–Crippen MR) is 82.7 cm³/mol. The van der Waals surface area contributed by atoms with Crippen LogP contribution in [0.1, 0.15) is 11.4 Å². The first-order valence-electron chi connectivity index (χ1n) is 6.19. The maximum atomic E-state index is 12.0. The van der Waals surface area contributed by atoms with Crippen molar-refractivity contribution in [1.29, 1.82) is 0 Å². The summed E-state index contributed by atoms with van der Waals surface area (Å²) in [7, 11) is 1.78. The summed E-state index contributed by atoms with van der Waals surface area (Å²) < 4.78 is 0. The summed E-state index contributed by atoms with van der Waals surface area (Å²) in [6.45, 7) is 0.504. The second kappa shape index (κ2) is 7.36. The van der Waals surface area contributed by atoms with E-state index in [4.69, 9.17) is 11.6 Å². The molecule has 0 spiro atoms. The van der Waals surface area contributed by atoms with Gasteiger partial charge in [-0.15, -0.1) is 11.8 Å². The smallest absolute Gasteiger partial charge is 0.232 e. The van der Waals surface area contributed by atoms with Crippen LogP contribution in [0, 0.1) is 0 Å². The number of hydrogen-bond acceptors (Lipinski definition) is 3. The Morgan fingerprint density at radius 3 is 3.05 bits per heavy atom. The number of benzene rings is 1. The van der Waals surface area contributed by atoms with Crippen molar-refractivity contribution >= 4 is 29.3 Å². The maximum Gasteiger partial charge on any atom is 0.232 e. The van der Waals surface area contributed by atoms with Gasteiger partial charge >= 0.3 is 0 Å². The molecule has 0 unspecified atom stereocenters. The van der Waals surface area contributed by atoms with Gasteiger partial charge in [-0.1, -0.05) is 23.7 Å². The Hall–Kier alpha value is -1.46. The highest BCUT2D eigenvalue weighted by molar-refractivity contribution is 7.99. The van der Waals surface area contributed by atoms with Gasteiger partial charge in [0.15, 0.2) is 0 Å². The quantitative estimate of drug-likeness (QED) is 0.892. The topological polar surface area (TPSA) is 49.0 Å². The number of nitrogens with one attached hydrogen (secondary N) is 1. The van der Waals surface area contributed by atoms with E-state index in [0.717, 1.165) is 22.2 Å². The third-order valence-corrected chi connectivity index (χ3v) is 3.97. The fourth-order valence-electron chi connectivity index (χ4n) is 1.69. The van der Waals surface area contributed by atoms with Crippen LogP contribution >= 0.6 is 23.4 Å². The molecule has 0 saturated heterocycles. The van der Waals surface area contributed by atoms with E-state index in [9.17, 15) is 4.79 Å². The Morgan fingerprint density at radius 2 is 2.35 bits per heavy atom. The highest BCUT2D eigenvalue weighted by Gasteiger charge is 2.10. The van der Waals surface area contributed by atoms with Gasteiger partial charge in [0.1, 0.15) is 5.82 Å². The minimum atomic E-state index is 0.0911. The number of amides is 1. The molecule has 1 heterocycles. The summed E-state index contributed by atoms with van der Waals surface area (Å²) in [4.78, 5) is 20.7. The third-order valence-electron chi connectivity index (χ3n) is 2.75. The van der Waals surface area contributed by atoms with Crippen molar-refractivity contribution in [2.75, 3.05) is 12.8 Å². The highest BCUT2D eigenvalue weighted by Crippen LogP contribution is 2.16. The number of imidazole rings is 1. The average Bonchev–Trinajstić information content (AvgIpc) is 2.91. The predicted octanol–water partition coefficient (Wildman–Crippen LogP) is 2.95. The largest absolute Gasteiger partial charge is 0.347 e. The molecule has 2 aromatic rings. The Kier molecular flexibility index (Phi) is 5.49. The van der Waals surface area contributed by atoms with E-state index in [-0.39, 0.29) is 5.91 Å². The van der Waals surface area contributed by atoms with E-state index < -0.39 is 0 Å². The summed E-state index contributed by atoms with van der Waals surface area (Å²) in [5, 5.41) is 0.726. The minimum absolute atomic E-state index is 0.0911. The van der Waals surface area contributed by atoms with E-state index in [0.29, 0.717) is 12.3 Å². The van der Waals surface area contributed by atoms with Crippen molar-refractivity contribution in [3.8, 4) is 0 Å². The van der Waals surface area contributed by atoms with Crippen LogP contribution in [0.15, 0.2) is 36.7 Å². The molecule has 4 nitrogen and oxygen atoms in total. The van der Waals surface area contributed by atoms with Crippen molar-refractivity contribution in [2.24, 2.45) is 0 Å². The number of thioether (sulfide) groups is 1. The summed E-state index contributed by atoms with van der Waals surface area (Å²) in [6, 6.07) is 7.70. The zero-order valence-corrected chi connectivity index (χ0v) is 12.7. The lowest BCUT2D eigenvalue weighted by molar-refractivity contribution is -0.127. The van der Waals surface area contributed by atoms with Crippen molar-refractivity contribution < 1.29 is 4.79 Å². The first-order valence-corrected chi connectivity index (χ1v) is 7.73. The fourth-order valence-corrected chi connectivity index (χ4v) is 2.82. The van der Waals surface area contributed by atoms with E-state index in [2.05, 4.69) is 9.97 Å². The second-order valence-electron chi connectivity index (χ2n) is 4.41. The van der Waals surface area contributed by atoms with Crippen molar-refractivity contribution in [3.63, 3.8) is 0 Å². The number of halogens is 1. The summed E-state index contributed by atoms with van der Waals surface area (Å²) >= 11 is 7.51. The molecule has 0 radical (unpaired) electrons. The number of hydrogen-bond donors (Lipinski definition) is 1. The van der Waals surface area contributed by atoms with Gasteiger partial charge in [-0.25, -0.2) is 4.98 Å². The number of nitrogens with zero attached hydrogens (tertiary/aromatic N) is 2. The Morgan fingerprint density at radius 1 is 1.50 bits per heavy atom. The molecule has 2 rings (SSSR count). The van der Waals surface area contributed by atoms with Crippen LogP contribution in [0.2, 0.25) is 5.02 Å². The SMILES string of the molecule is CN(Cc1ncc[nH]1)C(=O)CSCc1cccc(Cl)c1. The molecule has 0 aliphatic carbocycles. The van der Waals surface area contributed by atoms with Gasteiger partial charge in [-0.05, 0) is 17.7 Å². The minimum Gasteiger partial charge on any atom is -0.347 e. The van der Waals surface area contributed by atoms with Gasteiger partial charge in [0, 0.05) is 30.2 Å². The van der Waals surface area contributed by atoms with Crippen molar-refractivity contribution in [1.82, 2.24) is 14.9 Å². The molecule has 0 aliphatic heterocycles. The first-order chi connectivity index (χ1) is 9.65. The number of rotatable bonds is 6. The molecular weight excluding hydrogens is 294 g/mol. The molecule has 106 valence electrons. The van der Waals surface area contributed by atoms with E-state index in [1.54, 1.807) is 36.1 Å². The van der Waals surface area contributed by atoms with Crippen LogP contribution in [-0.4, -0.2) is 33.6 Å². The fraction of sp³-hybridized carbons (Fsp3) is 0.286. The number of aromatic amines is 1. The lowest BCUT2D eigenvalue weighted by Crippen LogP contribution is -2.28. The van der Waals surface area contributed by atoms with Gasteiger partial charge in [0.05, 0.1) is 12.3 Å². The van der Waals surface area contributed by atoms with E-state index in [1.807, 2.05) is 24.3 Å². The maximum absolute atomic E-state index is 12.0. The monoisotopic (exact) mass is 309 g/mol. The molecule has 1 aromatic heterocycles. The number of H-pyrrole nitrogens is 1. The average molecular weight is 310 g/mol. The lowest BCUT2D eigenvalue weighted by Gasteiger charge is -2.15. The molecule has 20 heavy (non-hydrogen) atoms. The molecule has 0 aliphatic rings. The second-order valence-corrected chi connectivity index (χ2v) is 5.83. The first kappa shape index (κ1) is 14.9. The van der Waals surface area contributed by atoms with Gasteiger partial charge < -0.3 is 9.88 Å². The van der Waals surface area contributed by atoms with Gasteiger partial charge in [-0.3, -0.25) is 4.79 Å². The van der Waals surface area contributed by atoms with Gasteiger partial charge in [0.25, 0.3) is 0 Å². The zero-order valence-electron chi connectivity index (χ0n) is 11.2. The molecule has 0 atom stereocenters. The van der Waals surface area contributed by atoms with Crippen LogP contribution in [0.4, 0.5) is 0 Å². The number of carbonyl (C=O) groups is 1. The standard InChI is InChI=1S/C14H16ClN3OS/c1-18(8-13-16-5-6-17-13)14(19)10-20-9-11-3-2-4-12(15)7-11/h2-7H,8-10H2,1H3,(H,16,17). The van der Waals surface area contributed by atoms with Crippen LogP contribution in [0.3, 0.4) is 0 Å². The third kappa shape index (κ3) is 4.58. The van der Waals surface area contributed by atoms with Crippen molar-refractivity contribution in [3.05, 3.63) is 53.1 Å². The summed E-state index contributed by atoms with van der Waals surface area (Å²) in [5.41, 5.74) is 1.13. The highest BCUT2D eigenvalue weighted by atomic mass is 35.5. The van der Waals surface area contributed by atoms with Crippen LogP contribution in [0.5, 0.6) is 0 Å². The van der Waals surface area contributed by atoms with E-state index >= 15 is 0 Å². The van der Waals surface area contributed by atoms with Crippen LogP contribution in [-0.2, 0) is 17.1 Å². The Labute approximate surface area is 127 Å². The molecule has 1 aromatic carbocycles. The number of aromatic nitrogens is 2. The van der Waals surface area contributed by atoms with Gasteiger partial charge in [0.2, 0.25) is 5.91 Å². The number of carbonyl (C=O) groups excluding carboxylic acids is 1. The normalized spacial score (nSPS) is 10.5. The van der Waals surface area contributed by atoms with Crippen molar-refractivity contribution in [2.45, 2.75) is 12.3 Å². The molecule has 0 bridgehead atoms. The van der Waals surface area contributed by atoms with Crippen LogP contribution < -0.4 is 0 Å². The van der Waals surface area contributed by atoms with E-state index in [1.165, 1.54) is 0 Å². The zero-order chi connectivity index (χ0) is 14.4. The molecule has 1 N–H and O–H groups in total. The molecule has 0 fully saturated rings. The Bertz CT molecular complexity index is 559. The molecule has 0 saturated carbocycles. The Balaban J connectivity index is 1.74. The van der Waals surface area contributed by atoms with Gasteiger partial charge in [-0.2, -0.15) is 0 Å². The summed E-state index contributed by atoms with van der Waals surface area (Å²) in [6.07, 6.45) is 3.43.